The van der Waals surface area contributed by atoms with Gasteiger partial charge in [-0.15, -0.1) is 0 Å². The number of rotatable bonds is 3. The van der Waals surface area contributed by atoms with E-state index in [4.69, 9.17) is 14.8 Å². The highest BCUT2D eigenvalue weighted by atomic mass is 32.2. The molecule has 0 aliphatic rings. The van der Waals surface area contributed by atoms with E-state index in [9.17, 15) is 16.8 Å². The lowest BCUT2D eigenvalue weighted by atomic mass is 10.1. The number of aryl methyl sites for hydroxylation is 1. The second-order valence-corrected chi connectivity index (χ2v) is 6.32. The molecule has 17 heavy (non-hydrogen) atoms. The van der Waals surface area contributed by atoms with E-state index in [1.807, 2.05) is 0 Å². The minimum atomic E-state index is -4.54. The van der Waals surface area contributed by atoms with Gasteiger partial charge in [-0.05, 0) is 24.1 Å². The molecule has 0 atom stereocenters. The van der Waals surface area contributed by atoms with Crippen molar-refractivity contribution >= 4 is 20.1 Å². The third-order valence-corrected chi connectivity index (χ3v) is 4.10. The van der Waals surface area contributed by atoms with Crippen LogP contribution in [-0.4, -0.2) is 26.5 Å². The molecule has 0 amide bonds. The van der Waals surface area contributed by atoms with E-state index >= 15 is 0 Å². The Labute approximate surface area is 98.7 Å². The van der Waals surface area contributed by atoms with Crippen molar-refractivity contribution in [1.29, 1.82) is 0 Å². The van der Waals surface area contributed by atoms with Gasteiger partial charge in [0.05, 0.1) is 16.4 Å². The van der Waals surface area contributed by atoms with Crippen LogP contribution in [0.5, 0.6) is 0 Å². The SMILES string of the molecule is Cc1cc(CO)c(S(N)(=O)=O)cc1S(=O)(=O)O. The monoisotopic (exact) mass is 281 g/mol. The molecule has 9 heteroatoms. The van der Waals surface area contributed by atoms with Crippen LogP contribution in [0.4, 0.5) is 0 Å². The molecule has 0 saturated heterocycles. The summed E-state index contributed by atoms with van der Waals surface area (Å²) in [6, 6.07) is 1.87. The van der Waals surface area contributed by atoms with E-state index < -0.39 is 36.5 Å². The summed E-state index contributed by atoms with van der Waals surface area (Å²) in [6.45, 7) is 0.744. The maximum absolute atomic E-state index is 11.2. The van der Waals surface area contributed by atoms with Gasteiger partial charge in [0, 0.05) is 0 Å². The van der Waals surface area contributed by atoms with Crippen LogP contribution in [0.1, 0.15) is 11.1 Å². The number of aliphatic hydroxyl groups is 1. The first kappa shape index (κ1) is 14.1. The van der Waals surface area contributed by atoms with E-state index in [0.29, 0.717) is 0 Å². The molecule has 0 radical (unpaired) electrons. The van der Waals surface area contributed by atoms with Crippen LogP contribution in [0.25, 0.3) is 0 Å². The first-order chi connectivity index (χ1) is 7.57. The smallest absolute Gasteiger partial charge is 0.294 e. The quantitative estimate of drug-likeness (QED) is 0.632. The molecule has 0 unspecified atom stereocenters. The van der Waals surface area contributed by atoms with Gasteiger partial charge < -0.3 is 5.11 Å². The molecule has 96 valence electrons. The molecule has 0 aromatic heterocycles. The van der Waals surface area contributed by atoms with Crippen LogP contribution < -0.4 is 5.14 Å². The topological polar surface area (TPSA) is 135 Å². The number of hydrogen-bond donors (Lipinski definition) is 3. The van der Waals surface area contributed by atoms with Crippen LogP contribution >= 0.6 is 0 Å². The van der Waals surface area contributed by atoms with E-state index in [1.165, 1.54) is 6.92 Å². The van der Waals surface area contributed by atoms with Crippen molar-refractivity contribution in [2.24, 2.45) is 5.14 Å². The highest BCUT2D eigenvalue weighted by Crippen LogP contribution is 2.23. The summed E-state index contributed by atoms with van der Waals surface area (Å²) in [5, 5.41) is 13.8. The van der Waals surface area contributed by atoms with Crippen molar-refractivity contribution in [3.63, 3.8) is 0 Å². The average molecular weight is 281 g/mol. The summed E-state index contributed by atoms with van der Waals surface area (Å²) in [4.78, 5) is -1.09. The lowest BCUT2D eigenvalue weighted by Gasteiger charge is -2.09. The predicted octanol–water partition coefficient (Wildman–Crippen LogP) is -0.619. The largest absolute Gasteiger partial charge is 0.392 e. The molecule has 1 rings (SSSR count). The normalized spacial score (nSPS) is 12.7. The van der Waals surface area contributed by atoms with Gasteiger partial charge in [0.2, 0.25) is 10.0 Å². The van der Waals surface area contributed by atoms with Gasteiger partial charge in [-0.2, -0.15) is 8.42 Å². The number of sulfonamides is 1. The minimum Gasteiger partial charge on any atom is -0.392 e. The maximum Gasteiger partial charge on any atom is 0.294 e. The fourth-order valence-corrected chi connectivity index (χ4v) is 2.97. The van der Waals surface area contributed by atoms with Crippen LogP contribution in [0.15, 0.2) is 21.9 Å². The Bertz CT molecular complexity index is 647. The molecule has 0 bridgehead atoms. The molecular formula is C8H11NO6S2. The third-order valence-electron chi connectivity index (χ3n) is 2.11. The van der Waals surface area contributed by atoms with E-state index in [1.54, 1.807) is 0 Å². The van der Waals surface area contributed by atoms with Crippen LogP contribution in [0.3, 0.4) is 0 Å². The number of hydrogen-bond acceptors (Lipinski definition) is 5. The summed E-state index contributed by atoms with van der Waals surface area (Å²) in [5.41, 5.74) is 0.0846. The maximum atomic E-state index is 11.2. The van der Waals surface area contributed by atoms with E-state index in [-0.39, 0.29) is 11.1 Å². The van der Waals surface area contributed by atoms with Crippen LogP contribution in [0, 0.1) is 6.92 Å². The Morgan fingerprint density at radius 2 is 1.71 bits per heavy atom. The fraction of sp³-hybridized carbons (Fsp3) is 0.250. The summed E-state index contributed by atoms with van der Waals surface area (Å²) >= 11 is 0. The summed E-state index contributed by atoms with van der Waals surface area (Å²) in [6.07, 6.45) is 0. The van der Waals surface area contributed by atoms with E-state index in [0.717, 1.165) is 12.1 Å². The lowest BCUT2D eigenvalue weighted by molar-refractivity contribution is 0.278. The highest BCUT2D eigenvalue weighted by molar-refractivity contribution is 7.89. The Morgan fingerprint density at radius 3 is 2.06 bits per heavy atom. The Kier molecular flexibility index (Phi) is 3.60. The number of primary sulfonamides is 1. The molecule has 0 aliphatic heterocycles. The molecule has 0 spiro atoms. The third kappa shape index (κ3) is 3.01. The first-order valence-electron chi connectivity index (χ1n) is 4.32. The molecule has 0 fully saturated rings. The lowest BCUT2D eigenvalue weighted by Crippen LogP contribution is -2.16. The van der Waals surface area contributed by atoms with Gasteiger partial charge in [-0.25, -0.2) is 13.6 Å². The zero-order valence-electron chi connectivity index (χ0n) is 8.78. The average Bonchev–Trinajstić information content (AvgIpc) is 2.13. The van der Waals surface area contributed by atoms with Crippen molar-refractivity contribution in [3.05, 3.63) is 23.3 Å². The molecule has 1 aromatic rings. The first-order valence-corrected chi connectivity index (χ1v) is 7.30. The Balaban J connectivity index is 3.73. The molecule has 0 aliphatic carbocycles. The minimum absolute atomic E-state index is 0.0302. The molecule has 0 heterocycles. The van der Waals surface area contributed by atoms with Crippen molar-refractivity contribution in [1.82, 2.24) is 0 Å². The second-order valence-electron chi connectivity index (χ2n) is 3.40. The van der Waals surface area contributed by atoms with Crippen LogP contribution in [0.2, 0.25) is 0 Å². The summed E-state index contributed by atoms with van der Waals surface area (Å²) in [5.74, 6) is 0. The van der Waals surface area contributed by atoms with Gasteiger partial charge in [0.25, 0.3) is 10.1 Å². The van der Waals surface area contributed by atoms with Crippen molar-refractivity contribution in [2.45, 2.75) is 23.3 Å². The predicted molar refractivity (Wildman–Crippen MR) is 58.3 cm³/mol. The summed E-state index contributed by atoms with van der Waals surface area (Å²) in [7, 11) is -8.72. The fourth-order valence-electron chi connectivity index (χ4n) is 1.40. The number of nitrogens with two attached hydrogens (primary N) is 1. The van der Waals surface area contributed by atoms with Crippen molar-refractivity contribution < 1.29 is 26.5 Å². The highest BCUT2D eigenvalue weighted by Gasteiger charge is 2.21. The zero-order valence-corrected chi connectivity index (χ0v) is 10.4. The van der Waals surface area contributed by atoms with Gasteiger partial charge in [0.1, 0.15) is 0 Å². The Morgan fingerprint density at radius 1 is 1.18 bits per heavy atom. The van der Waals surface area contributed by atoms with Gasteiger partial charge >= 0.3 is 0 Å². The van der Waals surface area contributed by atoms with Crippen molar-refractivity contribution in [2.75, 3.05) is 0 Å². The van der Waals surface area contributed by atoms with Gasteiger partial charge in [0.15, 0.2) is 0 Å². The van der Waals surface area contributed by atoms with Crippen molar-refractivity contribution in [3.8, 4) is 0 Å². The zero-order chi connectivity index (χ0) is 13.4. The second kappa shape index (κ2) is 4.35. The van der Waals surface area contributed by atoms with E-state index in [2.05, 4.69) is 0 Å². The molecule has 0 saturated carbocycles. The molecular weight excluding hydrogens is 270 g/mol. The standard InChI is InChI=1S/C8H11NO6S2/c1-5-2-6(4-10)8(16(9,11)12)3-7(5)17(13,14)15/h2-3,10H,4H2,1H3,(H2,9,11,12)(H,13,14,15). The van der Waals surface area contributed by atoms with Gasteiger partial charge in [-0.3, -0.25) is 4.55 Å². The molecule has 4 N–H and O–H groups in total. The summed E-state index contributed by atoms with van der Waals surface area (Å²) < 4.78 is 53.3. The number of benzene rings is 1. The van der Waals surface area contributed by atoms with Gasteiger partial charge in [-0.1, -0.05) is 6.07 Å². The number of aliphatic hydroxyl groups excluding tert-OH is 1. The molecule has 1 aromatic carbocycles. The molecule has 7 nitrogen and oxygen atoms in total. The Hall–Kier alpha value is -1.00. The van der Waals surface area contributed by atoms with Crippen LogP contribution in [-0.2, 0) is 26.7 Å².